The van der Waals surface area contributed by atoms with Gasteiger partial charge in [0.05, 0.1) is 0 Å². The van der Waals surface area contributed by atoms with Gasteiger partial charge in [0.1, 0.15) is 6.29 Å². The summed E-state index contributed by atoms with van der Waals surface area (Å²) in [6.07, 6.45) is -8.27. The van der Waals surface area contributed by atoms with Gasteiger partial charge in [0, 0.05) is 0 Å². The molecule has 2 saturated carbocycles. The van der Waals surface area contributed by atoms with Crippen LogP contribution in [0.4, 0.5) is 26.3 Å². The molecule has 2 rings (SSSR count). The topological polar surface area (TPSA) is 17.1 Å². The number of carbonyl (C=O) groups is 1. The Balaban J connectivity index is 0.000000745. The highest BCUT2D eigenvalue weighted by Gasteiger charge is 2.70. The molecule has 0 amide bonds. The Morgan fingerprint density at radius 1 is 1.00 bits per heavy atom. The van der Waals surface area contributed by atoms with E-state index in [-0.39, 0.29) is 5.92 Å². The zero-order chi connectivity index (χ0) is 17.2. The van der Waals surface area contributed by atoms with E-state index in [4.69, 9.17) is 4.79 Å². The Kier molecular flexibility index (Phi) is 5.95. The standard InChI is InChI=1S/C13H18F6.C2H4O/c1-2-11(12(14,15)16,13(17,18)19)7-10-6-8-3-4-9(10)5-8;1-2-3/h8-10H,2-7H2,1H3;2H,1H3. The molecule has 0 N–H and O–H groups in total. The van der Waals surface area contributed by atoms with Crippen molar-refractivity contribution >= 4 is 6.29 Å². The number of hydrogen-bond acceptors (Lipinski definition) is 1. The number of rotatable bonds is 3. The molecule has 3 atom stereocenters. The summed E-state index contributed by atoms with van der Waals surface area (Å²) in [6, 6.07) is 0. The highest BCUT2D eigenvalue weighted by Crippen LogP contribution is 2.60. The fourth-order valence-electron chi connectivity index (χ4n) is 4.01. The van der Waals surface area contributed by atoms with Gasteiger partial charge < -0.3 is 4.79 Å². The zero-order valence-corrected chi connectivity index (χ0v) is 12.7. The lowest BCUT2D eigenvalue weighted by Crippen LogP contribution is -2.51. The number of hydrogen-bond donors (Lipinski definition) is 0. The van der Waals surface area contributed by atoms with Gasteiger partial charge in [-0.25, -0.2) is 0 Å². The van der Waals surface area contributed by atoms with Crippen LogP contribution < -0.4 is 0 Å². The highest BCUT2D eigenvalue weighted by atomic mass is 19.4. The molecule has 2 fully saturated rings. The van der Waals surface area contributed by atoms with Crippen LogP contribution in [0.5, 0.6) is 0 Å². The third-order valence-electron chi connectivity index (χ3n) is 5.18. The van der Waals surface area contributed by atoms with E-state index in [0.29, 0.717) is 12.3 Å². The molecule has 1 nitrogen and oxygen atoms in total. The average molecular weight is 332 g/mol. The van der Waals surface area contributed by atoms with Crippen molar-refractivity contribution in [2.75, 3.05) is 0 Å². The van der Waals surface area contributed by atoms with E-state index < -0.39 is 36.5 Å². The summed E-state index contributed by atoms with van der Waals surface area (Å²) in [5.41, 5.74) is -3.52. The number of alkyl halides is 6. The van der Waals surface area contributed by atoms with Crippen LogP contribution in [0.1, 0.15) is 52.4 Å². The summed E-state index contributed by atoms with van der Waals surface area (Å²) in [5, 5.41) is 0. The van der Waals surface area contributed by atoms with Crippen LogP contribution >= 0.6 is 0 Å². The maximum absolute atomic E-state index is 13.0. The lowest BCUT2D eigenvalue weighted by molar-refractivity contribution is -0.348. The second kappa shape index (κ2) is 6.79. The van der Waals surface area contributed by atoms with Gasteiger partial charge in [-0.05, 0) is 56.8 Å². The van der Waals surface area contributed by atoms with E-state index in [0.717, 1.165) is 32.5 Å². The van der Waals surface area contributed by atoms with Gasteiger partial charge in [-0.1, -0.05) is 13.3 Å². The summed E-state index contributed by atoms with van der Waals surface area (Å²) in [4.78, 5) is 8.81. The van der Waals surface area contributed by atoms with E-state index >= 15 is 0 Å². The molecule has 0 aromatic rings. The van der Waals surface area contributed by atoms with Crippen LogP contribution in [-0.2, 0) is 4.79 Å². The Bertz CT molecular complexity index is 359. The molecule has 0 heterocycles. The van der Waals surface area contributed by atoms with Crippen molar-refractivity contribution in [3.63, 3.8) is 0 Å². The Morgan fingerprint density at radius 3 is 1.77 bits per heavy atom. The first-order chi connectivity index (χ1) is 10.0. The van der Waals surface area contributed by atoms with Gasteiger partial charge in [0.2, 0.25) is 0 Å². The summed E-state index contributed by atoms with van der Waals surface area (Å²) in [6.45, 7) is 2.44. The second-order valence-electron chi connectivity index (χ2n) is 6.31. The van der Waals surface area contributed by atoms with E-state index in [1.165, 1.54) is 6.92 Å². The van der Waals surface area contributed by atoms with Gasteiger partial charge in [0.15, 0.2) is 5.41 Å². The largest absolute Gasteiger partial charge is 0.403 e. The first kappa shape index (κ1) is 19.3. The second-order valence-corrected chi connectivity index (χ2v) is 6.31. The first-order valence-electron chi connectivity index (χ1n) is 7.55. The Morgan fingerprint density at radius 2 is 1.50 bits per heavy atom. The molecule has 0 spiro atoms. The fraction of sp³-hybridized carbons (Fsp3) is 0.933. The van der Waals surface area contributed by atoms with Gasteiger partial charge in [-0.15, -0.1) is 0 Å². The number of aldehydes is 1. The van der Waals surface area contributed by atoms with E-state index in [1.54, 1.807) is 0 Å². The van der Waals surface area contributed by atoms with E-state index in [9.17, 15) is 26.3 Å². The lowest BCUT2D eigenvalue weighted by atomic mass is 9.71. The van der Waals surface area contributed by atoms with E-state index in [1.807, 2.05) is 0 Å². The molecule has 0 saturated heterocycles. The first-order valence-corrected chi connectivity index (χ1v) is 7.55. The van der Waals surface area contributed by atoms with Gasteiger partial charge in [-0.3, -0.25) is 0 Å². The molecule has 2 aliphatic carbocycles. The molecule has 0 radical (unpaired) electrons. The maximum Gasteiger partial charge on any atom is 0.403 e. The molecule has 7 heteroatoms. The van der Waals surface area contributed by atoms with Crippen LogP contribution in [0.25, 0.3) is 0 Å². The molecule has 2 bridgehead atoms. The van der Waals surface area contributed by atoms with Crippen LogP contribution in [0.15, 0.2) is 0 Å². The summed E-state index contributed by atoms with van der Waals surface area (Å²) < 4.78 is 78.3. The minimum atomic E-state index is -5.22. The predicted molar refractivity (Wildman–Crippen MR) is 70.1 cm³/mol. The van der Waals surface area contributed by atoms with Crippen molar-refractivity contribution < 1.29 is 31.1 Å². The molecule has 0 aliphatic heterocycles. The Hall–Kier alpha value is -0.750. The summed E-state index contributed by atoms with van der Waals surface area (Å²) in [7, 11) is 0. The Labute approximate surface area is 126 Å². The SMILES string of the molecule is CC=O.CCC(CC1CC2CCC1C2)(C(F)(F)F)C(F)(F)F. The quantitative estimate of drug-likeness (QED) is 0.490. The normalized spacial score (nSPS) is 28.3. The molecule has 2 aliphatic rings. The molecule has 0 aromatic heterocycles. The van der Waals surface area contributed by atoms with E-state index in [2.05, 4.69) is 0 Å². The molecule has 22 heavy (non-hydrogen) atoms. The van der Waals surface area contributed by atoms with Crippen LogP contribution in [0, 0.1) is 23.2 Å². The highest BCUT2D eigenvalue weighted by molar-refractivity contribution is 5.44. The number of halogens is 6. The van der Waals surface area contributed by atoms with Crippen LogP contribution in [-0.4, -0.2) is 18.6 Å². The average Bonchev–Trinajstić information content (AvgIpc) is 2.95. The summed E-state index contributed by atoms with van der Waals surface area (Å²) in [5.74, 6) is 0.00796. The molecular weight excluding hydrogens is 310 g/mol. The molecule has 130 valence electrons. The monoisotopic (exact) mass is 332 g/mol. The minimum Gasteiger partial charge on any atom is -0.304 e. The van der Waals surface area contributed by atoms with Crippen molar-refractivity contribution in [2.45, 2.75) is 64.7 Å². The number of carbonyl (C=O) groups excluding carboxylic acids is 1. The van der Waals surface area contributed by atoms with Gasteiger partial charge in [-0.2, -0.15) is 26.3 Å². The number of fused-ring (bicyclic) bond motifs is 2. The maximum atomic E-state index is 13.0. The molecular formula is C15H22F6O. The van der Waals surface area contributed by atoms with Crippen LogP contribution in [0.2, 0.25) is 0 Å². The smallest absolute Gasteiger partial charge is 0.304 e. The fourth-order valence-corrected chi connectivity index (χ4v) is 4.01. The van der Waals surface area contributed by atoms with Crippen LogP contribution in [0.3, 0.4) is 0 Å². The molecule has 3 unspecified atom stereocenters. The van der Waals surface area contributed by atoms with Crippen molar-refractivity contribution in [3.8, 4) is 0 Å². The van der Waals surface area contributed by atoms with Crippen molar-refractivity contribution in [2.24, 2.45) is 23.2 Å². The van der Waals surface area contributed by atoms with Crippen molar-refractivity contribution in [1.29, 1.82) is 0 Å². The lowest BCUT2D eigenvalue weighted by Gasteiger charge is -2.40. The minimum absolute atomic E-state index is 0.0700. The third-order valence-corrected chi connectivity index (χ3v) is 5.18. The third kappa shape index (κ3) is 3.59. The zero-order valence-electron chi connectivity index (χ0n) is 12.7. The van der Waals surface area contributed by atoms with Crippen molar-refractivity contribution in [1.82, 2.24) is 0 Å². The van der Waals surface area contributed by atoms with Gasteiger partial charge in [0.25, 0.3) is 0 Å². The van der Waals surface area contributed by atoms with Gasteiger partial charge >= 0.3 is 12.4 Å². The molecule has 0 aromatic carbocycles. The predicted octanol–water partition coefficient (Wildman–Crippen LogP) is 5.54. The van der Waals surface area contributed by atoms with Crippen molar-refractivity contribution in [3.05, 3.63) is 0 Å². The summed E-state index contributed by atoms with van der Waals surface area (Å²) >= 11 is 0.